The quantitative estimate of drug-likeness (QED) is 0.792. The van der Waals surface area contributed by atoms with E-state index in [1.54, 1.807) is 0 Å². The summed E-state index contributed by atoms with van der Waals surface area (Å²) < 4.78 is 7.47. The summed E-state index contributed by atoms with van der Waals surface area (Å²) >= 11 is 0. The Bertz CT molecular complexity index is 500. The lowest BCUT2D eigenvalue weighted by Crippen LogP contribution is -2.15. The first-order valence-electron chi connectivity index (χ1n) is 5.65. The summed E-state index contributed by atoms with van der Waals surface area (Å²) in [4.78, 5) is 4.60. The molecule has 0 bridgehead atoms. The number of aromatic nitrogens is 2. The number of imidazole rings is 1. The van der Waals surface area contributed by atoms with Gasteiger partial charge in [-0.3, -0.25) is 0 Å². The van der Waals surface area contributed by atoms with E-state index in [4.69, 9.17) is 10.5 Å². The van der Waals surface area contributed by atoms with Gasteiger partial charge in [0.1, 0.15) is 5.65 Å². The van der Waals surface area contributed by atoms with E-state index < -0.39 is 0 Å². The van der Waals surface area contributed by atoms with Gasteiger partial charge in [-0.25, -0.2) is 4.98 Å². The summed E-state index contributed by atoms with van der Waals surface area (Å²) in [5.74, 6) is 0.440. The first-order chi connectivity index (χ1) is 7.83. The van der Waals surface area contributed by atoms with Crippen LogP contribution >= 0.6 is 0 Å². The molecular weight excluding hydrogens is 202 g/mol. The highest BCUT2D eigenvalue weighted by Crippen LogP contribution is 2.25. The van der Waals surface area contributed by atoms with Crippen molar-refractivity contribution in [2.75, 3.05) is 18.9 Å². The molecule has 1 aliphatic rings. The lowest BCUT2D eigenvalue weighted by atomic mass is 9.99. The molecule has 1 saturated heterocycles. The van der Waals surface area contributed by atoms with Crippen LogP contribution in [0.5, 0.6) is 0 Å². The van der Waals surface area contributed by atoms with Gasteiger partial charge in [0.15, 0.2) is 0 Å². The van der Waals surface area contributed by atoms with E-state index in [-0.39, 0.29) is 0 Å². The minimum absolute atomic E-state index is 0.440. The molecule has 84 valence electrons. The monoisotopic (exact) mass is 217 g/mol. The first-order valence-corrected chi connectivity index (χ1v) is 5.65. The van der Waals surface area contributed by atoms with Crippen molar-refractivity contribution in [1.82, 2.24) is 9.38 Å². The number of nitrogens with zero attached hydrogens (tertiary/aromatic N) is 2. The lowest BCUT2D eigenvalue weighted by Gasteiger charge is -2.19. The largest absolute Gasteiger partial charge is 0.398 e. The zero-order valence-corrected chi connectivity index (χ0v) is 9.10. The Labute approximate surface area is 94.0 Å². The number of rotatable bonds is 1. The van der Waals surface area contributed by atoms with Gasteiger partial charge < -0.3 is 14.9 Å². The molecule has 0 aliphatic carbocycles. The van der Waals surface area contributed by atoms with Gasteiger partial charge in [0, 0.05) is 30.6 Å². The van der Waals surface area contributed by atoms with E-state index in [0.717, 1.165) is 36.7 Å². The minimum Gasteiger partial charge on any atom is -0.398 e. The van der Waals surface area contributed by atoms with E-state index in [0.29, 0.717) is 5.92 Å². The number of nitrogens with two attached hydrogens (primary N) is 1. The number of pyridine rings is 1. The molecule has 4 heteroatoms. The maximum Gasteiger partial charge on any atom is 0.137 e. The molecule has 0 aromatic carbocycles. The molecule has 0 spiro atoms. The molecule has 1 fully saturated rings. The maximum atomic E-state index is 5.74. The standard InChI is InChI=1S/C12H15N3O/c13-10-3-4-12-14-11(7-15(12)6-10)9-2-1-5-16-8-9/h3-4,6-7,9H,1-2,5,8,13H2. The molecule has 0 radical (unpaired) electrons. The summed E-state index contributed by atoms with van der Waals surface area (Å²) in [6.45, 7) is 1.68. The van der Waals surface area contributed by atoms with Crippen molar-refractivity contribution in [2.45, 2.75) is 18.8 Å². The van der Waals surface area contributed by atoms with Gasteiger partial charge >= 0.3 is 0 Å². The summed E-state index contributed by atoms with van der Waals surface area (Å²) in [7, 11) is 0. The average Bonchev–Trinajstić information content (AvgIpc) is 2.73. The molecule has 3 heterocycles. The van der Waals surface area contributed by atoms with Gasteiger partial charge in [-0.1, -0.05) is 0 Å². The Hall–Kier alpha value is -1.55. The fourth-order valence-electron chi connectivity index (χ4n) is 2.20. The van der Waals surface area contributed by atoms with Crippen molar-refractivity contribution in [2.24, 2.45) is 0 Å². The molecule has 2 aromatic rings. The molecule has 2 N–H and O–H groups in total. The van der Waals surface area contributed by atoms with E-state index >= 15 is 0 Å². The maximum absolute atomic E-state index is 5.74. The van der Waals surface area contributed by atoms with Crippen LogP contribution in [-0.4, -0.2) is 22.6 Å². The van der Waals surface area contributed by atoms with E-state index in [1.165, 1.54) is 6.42 Å². The number of fused-ring (bicyclic) bond motifs is 1. The third kappa shape index (κ3) is 1.65. The number of ether oxygens (including phenoxy) is 1. The molecule has 0 amide bonds. The zero-order valence-electron chi connectivity index (χ0n) is 9.10. The molecule has 4 nitrogen and oxygen atoms in total. The predicted octanol–water partition coefficient (Wildman–Crippen LogP) is 1.81. The number of anilines is 1. The third-order valence-electron chi connectivity index (χ3n) is 3.07. The number of hydrogen-bond acceptors (Lipinski definition) is 3. The van der Waals surface area contributed by atoms with Crippen LogP contribution in [0.4, 0.5) is 5.69 Å². The van der Waals surface area contributed by atoms with Crippen molar-refractivity contribution < 1.29 is 4.74 Å². The summed E-state index contributed by atoms with van der Waals surface area (Å²) in [6, 6.07) is 3.83. The highest BCUT2D eigenvalue weighted by molar-refractivity contribution is 5.48. The number of nitrogen functional groups attached to an aromatic ring is 1. The van der Waals surface area contributed by atoms with Crippen LogP contribution < -0.4 is 5.73 Å². The fourth-order valence-corrected chi connectivity index (χ4v) is 2.20. The Morgan fingerprint density at radius 2 is 2.31 bits per heavy atom. The smallest absolute Gasteiger partial charge is 0.137 e. The Kier molecular flexibility index (Phi) is 2.29. The SMILES string of the molecule is Nc1ccc2nc(C3CCCOC3)cn2c1. The Balaban J connectivity index is 1.97. The molecule has 3 rings (SSSR count). The van der Waals surface area contributed by atoms with Crippen LogP contribution in [0.1, 0.15) is 24.5 Å². The third-order valence-corrected chi connectivity index (χ3v) is 3.07. The van der Waals surface area contributed by atoms with Crippen molar-refractivity contribution >= 4 is 11.3 Å². The van der Waals surface area contributed by atoms with Gasteiger partial charge in [0.05, 0.1) is 12.3 Å². The summed E-state index contributed by atoms with van der Waals surface area (Å²) in [5.41, 5.74) is 8.57. The van der Waals surface area contributed by atoms with Gasteiger partial charge in [-0.2, -0.15) is 0 Å². The van der Waals surface area contributed by atoms with Crippen molar-refractivity contribution in [1.29, 1.82) is 0 Å². The molecule has 1 unspecified atom stereocenters. The normalized spacial score (nSPS) is 21.4. The van der Waals surface area contributed by atoms with Crippen molar-refractivity contribution in [3.63, 3.8) is 0 Å². The minimum atomic E-state index is 0.440. The molecule has 1 atom stereocenters. The van der Waals surface area contributed by atoms with E-state index in [2.05, 4.69) is 11.2 Å². The van der Waals surface area contributed by atoms with Gasteiger partial charge in [-0.15, -0.1) is 0 Å². The zero-order chi connectivity index (χ0) is 11.0. The highest BCUT2D eigenvalue weighted by Gasteiger charge is 2.18. The molecule has 16 heavy (non-hydrogen) atoms. The molecular formula is C12H15N3O. The molecule has 0 saturated carbocycles. The van der Waals surface area contributed by atoms with Gasteiger partial charge in [-0.05, 0) is 25.0 Å². The second kappa shape index (κ2) is 3.79. The van der Waals surface area contributed by atoms with E-state index in [9.17, 15) is 0 Å². The highest BCUT2D eigenvalue weighted by atomic mass is 16.5. The Morgan fingerprint density at radius 3 is 3.12 bits per heavy atom. The van der Waals surface area contributed by atoms with Crippen LogP contribution in [0.2, 0.25) is 0 Å². The van der Waals surface area contributed by atoms with Crippen molar-refractivity contribution in [3.05, 3.63) is 30.2 Å². The van der Waals surface area contributed by atoms with Crippen LogP contribution in [0.25, 0.3) is 5.65 Å². The van der Waals surface area contributed by atoms with Gasteiger partial charge in [0.2, 0.25) is 0 Å². The van der Waals surface area contributed by atoms with E-state index in [1.807, 2.05) is 22.7 Å². The van der Waals surface area contributed by atoms with Crippen molar-refractivity contribution in [3.8, 4) is 0 Å². The van der Waals surface area contributed by atoms with Crippen LogP contribution in [0.15, 0.2) is 24.5 Å². The first kappa shape index (κ1) is 9.66. The molecule has 2 aromatic heterocycles. The molecule has 1 aliphatic heterocycles. The van der Waals surface area contributed by atoms with Crippen LogP contribution in [-0.2, 0) is 4.74 Å². The second-order valence-corrected chi connectivity index (χ2v) is 4.31. The van der Waals surface area contributed by atoms with Crippen LogP contribution in [0, 0.1) is 0 Å². The van der Waals surface area contributed by atoms with Gasteiger partial charge in [0.25, 0.3) is 0 Å². The lowest BCUT2D eigenvalue weighted by molar-refractivity contribution is 0.0794. The average molecular weight is 217 g/mol. The topological polar surface area (TPSA) is 52.5 Å². The predicted molar refractivity (Wildman–Crippen MR) is 62.4 cm³/mol. The Morgan fingerprint density at radius 1 is 1.38 bits per heavy atom. The summed E-state index contributed by atoms with van der Waals surface area (Å²) in [6.07, 6.45) is 6.25. The second-order valence-electron chi connectivity index (χ2n) is 4.31. The fraction of sp³-hybridized carbons (Fsp3) is 0.417. The number of hydrogen-bond donors (Lipinski definition) is 1. The summed E-state index contributed by atoms with van der Waals surface area (Å²) in [5, 5.41) is 0. The van der Waals surface area contributed by atoms with Crippen LogP contribution in [0.3, 0.4) is 0 Å².